The Balaban J connectivity index is 1.32. The van der Waals surface area contributed by atoms with Crippen molar-refractivity contribution in [3.8, 4) is 11.6 Å². The highest BCUT2D eigenvalue weighted by Gasteiger charge is 2.23. The average molecular weight is 812 g/mol. The first-order valence-corrected chi connectivity index (χ1v) is 21.8. The van der Waals surface area contributed by atoms with E-state index in [4.69, 9.17) is 16.3 Å². The topological polar surface area (TPSA) is 141 Å². The summed E-state index contributed by atoms with van der Waals surface area (Å²) >= 11 is 6.08. The van der Waals surface area contributed by atoms with Gasteiger partial charge < -0.3 is 10.1 Å². The Morgan fingerprint density at radius 2 is 1.41 bits per heavy atom. The molecule has 56 heavy (non-hydrogen) atoms. The van der Waals surface area contributed by atoms with E-state index in [2.05, 4.69) is 21.9 Å². The lowest BCUT2D eigenvalue weighted by molar-refractivity contribution is -0.123. The first-order valence-electron chi connectivity index (χ1n) is 19.7. The Hall–Kier alpha value is -4.49. The molecule has 4 aromatic rings. The molecule has 0 aliphatic heterocycles. The third-order valence-electron chi connectivity index (χ3n) is 9.50. The number of sulfonamides is 1. The number of hydrogen-bond acceptors (Lipinski definition) is 8. The summed E-state index contributed by atoms with van der Waals surface area (Å²) in [7, 11) is -3.89. The lowest BCUT2D eigenvalue weighted by Gasteiger charge is -2.19. The molecule has 0 bridgehead atoms. The number of nitrogens with one attached hydrogen (secondary N) is 2. The van der Waals surface area contributed by atoms with Gasteiger partial charge in [-0.3, -0.25) is 23.4 Å². The van der Waals surface area contributed by atoms with Gasteiger partial charge in [-0.25, -0.2) is 13.2 Å². The predicted octanol–water partition coefficient (Wildman–Crippen LogP) is 9.35. The van der Waals surface area contributed by atoms with Crippen molar-refractivity contribution in [1.82, 2.24) is 18.8 Å². The summed E-state index contributed by atoms with van der Waals surface area (Å²) < 4.78 is 49.0. The number of rotatable bonds is 25. The molecule has 14 heteroatoms. The molecule has 4 rings (SSSR count). The van der Waals surface area contributed by atoms with Crippen LogP contribution in [-0.4, -0.2) is 34.2 Å². The average Bonchev–Trinajstić information content (AvgIpc) is 3.16. The van der Waals surface area contributed by atoms with Gasteiger partial charge in [-0.1, -0.05) is 127 Å². The molecule has 0 radical (unpaired) electrons. The maximum absolute atomic E-state index is 13.9. The van der Waals surface area contributed by atoms with Gasteiger partial charge in [0, 0.05) is 29.4 Å². The van der Waals surface area contributed by atoms with E-state index in [1.165, 1.54) is 93.5 Å². The summed E-state index contributed by atoms with van der Waals surface area (Å²) in [5.41, 5.74) is -0.136. The highest BCUT2D eigenvalue weighted by Crippen LogP contribution is 2.24. The molecule has 2 aromatic heterocycles. The Bertz CT molecular complexity index is 2060. The molecule has 0 spiro atoms. The van der Waals surface area contributed by atoms with Crippen LogP contribution in [0.5, 0.6) is 11.6 Å². The third kappa shape index (κ3) is 15.2. The van der Waals surface area contributed by atoms with E-state index in [0.29, 0.717) is 22.9 Å². The first-order chi connectivity index (χ1) is 26.9. The standard InChI is InChI=1S/C42H55ClFN5O6S/c1-3-4-5-6-7-8-9-10-11-12-13-14-15-16-28-56(53,54)47-41(51)32(2)30-49-40(50)29-38(48(42(49)52)31-33-20-22-34(43)23-21-33)45-35-24-26-36(27-25-35)55-39-19-17-18-37(44)46-39/h17-27,29,32,45H,3-16,28,30-31H2,1-2H3,(H,47,51)/t32-/m0/s1. The molecule has 0 saturated carbocycles. The second kappa shape index (κ2) is 22.9. The number of benzene rings is 2. The Labute approximate surface area is 334 Å². The van der Waals surface area contributed by atoms with Gasteiger partial charge in [0.05, 0.1) is 18.2 Å². The van der Waals surface area contributed by atoms with E-state index >= 15 is 0 Å². The maximum Gasteiger partial charge on any atom is 0.332 e. The van der Waals surface area contributed by atoms with Gasteiger partial charge in [-0.2, -0.15) is 9.37 Å². The number of carbonyl (C=O) groups is 1. The summed E-state index contributed by atoms with van der Waals surface area (Å²) in [6, 6.07) is 18.9. The Morgan fingerprint density at radius 1 is 0.821 bits per heavy atom. The number of carbonyl (C=O) groups excluding carboxylic acids is 1. The molecular formula is C42H55ClFN5O6S. The number of halogens is 2. The SMILES string of the molecule is CCCCCCCCCCCCCCCCS(=O)(=O)NC(=O)[C@@H](C)Cn1c(=O)cc(Nc2ccc(Oc3cccc(F)n3)cc2)n(Cc2ccc(Cl)cc2)c1=O. The summed E-state index contributed by atoms with van der Waals surface area (Å²) in [4.78, 5) is 44.0. The zero-order valence-corrected chi connectivity index (χ0v) is 34.1. The fourth-order valence-electron chi connectivity index (χ4n) is 6.28. The van der Waals surface area contributed by atoms with Crippen LogP contribution in [0.4, 0.5) is 15.9 Å². The number of hydrogen-bond donors (Lipinski definition) is 2. The molecule has 0 fully saturated rings. The number of unbranched alkanes of at least 4 members (excludes halogenated alkanes) is 13. The van der Waals surface area contributed by atoms with Crippen molar-refractivity contribution >= 4 is 39.0 Å². The van der Waals surface area contributed by atoms with E-state index in [1.807, 2.05) is 0 Å². The second-order valence-corrected chi connectivity index (χ2v) is 16.6. The quantitative estimate of drug-likeness (QED) is 0.0499. The fraction of sp³-hybridized carbons (Fsp3) is 0.476. The number of nitrogens with zero attached hydrogens (tertiary/aromatic N) is 3. The van der Waals surface area contributed by atoms with Crippen LogP contribution in [-0.2, 0) is 27.9 Å². The van der Waals surface area contributed by atoms with Crippen molar-refractivity contribution in [2.75, 3.05) is 11.1 Å². The number of anilines is 2. The molecule has 0 aliphatic carbocycles. The minimum absolute atomic E-state index is 0.0548. The largest absolute Gasteiger partial charge is 0.439 e. The lowest BCUT2D eigenvalue weighted by atomic mass is 10.0. The van der Waals surface area contributed by atoms with Crippen LogP contribution in [0.1, 0.15) is 109 Å². The van der Waals surface area contributed by atoms with Crippen molar-refractivity contribution in [3.63, 3.8) is 0 Å². The second-order valence-electron chi connectivity index (χ2n) is 14.3. The Kier molecular flexibility index (Phi) is 18.1. The fourth-order valence-corrected chi connectivity index (χ4v) is 7.60. The molecule has 2 heterocycles. The van der Waals surface area contributed by atoms with Gasteiger partial charge in [0.1, 0.15) is 11.6 Å². The van der Waals surface area contributed by atoms with E-state index < -0.39 is 39.0 Å². The molecule has 2 aromatic carbocycles. The zero-order valence-electron chi connectivity index (χ0n) is 32.5. The number of aromatic nitrogens is 3. The molecule has 11 nitrogen and oxygen atoms in total. The van der Waals surface area contributed by atoms with Gasteiger partial charge >= 0.3 is 5.69 Å². The first kappa shape index (κ1) is 44.2. The van der Waals surface area contributed by atoms with Crippen molar-refractivity contribution < 1.29 is 22.3 Å². The van der Waals surface area contributed by atoms with E-state index in [9.17, 15) is 27.2 Å². The van der Waals surface area contributed by atoms with Crippen molar-refractivity contribution in [2.24, 2.45) is 5.92 Å². The highest BCUT2D eigenvalue weighted by molar-refractivity contribution is 7.90. The zero-order chi connectivity index (χ0) is 40.3. The molecule has 0 saturated heterocycles. The molecule has 1 atom stereocenters. The minimum Gasteiger partial charge on any atom is -0.439 e. The maximum atomic E-state index is 13.9. The van der Waals surface area contributed by atoms with Crippen LogP contribution >= 0.6 is 11.6 Å². The van der Waals surface area contributed by atoms with Gasteiger partial charge in [0.2, 0.25) is 27.8 Å². The third-order valence-corrected chi connectivity index (χ3v) is 11.1. The van der Waals surface area contributed by atoms with Crippen LogP contribution in [0, 0.1) is 11.9 Å². The molecule has 2 N–H and O–H groups in total. The van der Waals surface area contributed by atoms with Crippen molar-refractivity contribution in [2.45, 2.75) is 117 Å². The molecule has 0 unspecified atom stereocenters. The number of ether oxygens (including phenoxy) is 1. The van der Waals surface area contributed by atoms with Gasteiger partial charge in [-0.15, -0.1) is 0 Å². The normalized spacial score (nSPS) is 12.0. The Morgan fingerprint density at radius 3 is 2.00 bits per heavy atom. The molecule has 1 amide bonds. The van der Waals surface area contributed by atoms with Crippen molar-refractivity contribution in [3.05, 3.63) is 110 Å². The van der Waals surface area contributed by atoms with Crippen LogP contribution in [0.25, 0.3) is 0 Å². The number of amides is 1. The molecule has 304 valence electrons. The highest BCUT2D eigenvalue weighted by atomic mass is 35.5. The van der Waals surface area contributed by atoms with E-state index in [-0.39, 0.29) is 30.5 Å². The van der Waals surface area contributed by atoms with Gasteiger partial charge in [0.25, 0.3) is 5.56 Å². The smallest absolute Gasteiger partial charge is 0.332 e. The summed E-state index contributed by atoms with van der Waals surface area (Å²) in [5, 5.41) is 3.62. The summed E-state index contributed by atoms with van der Waals surface area (Å²) in [5.74, 6) is -2.00. The summed E-state index contributed by atoms with van der Waals surface area (Å²) in [6.07, 6.45) is 16.0. The van der Waals surface area contributed by atoms with Crippen LogP contribution < -0.4 is 26.0 Å². The minimum atomic E-state index is -3.89. The van der Waals surface area contributed by atoms with Gasteiger partial charge in [0.15, 0.2) is 0 Å². The monoisotopic (exact) mass is 811 g/mol. The summed E-state index contributed by atoms with van der Waals surface area (Å²) in [6.45, 7) is 3.43. The van der Waals surface area contributed by atoms with Crippen LogP contribution in [0.2, 0.25) is 5.02 Å². The van der Waals surface area contributed by atoms with Crippen LogP contribution in [0.15, 0.2) is 82.4 Å². The van der Waals surface area contributed by atoms with E-state index in [0.717, 1.165) is 35.8 Å². The van der Waals surface area contributed by atoms with Crippen molar-refractivity contribution in [1.29, 1.82) is 0 Å². The van der Waals surface area contributed by atoms with E-state index in [1.54, 1.807) is 48.5 Å². The lowest BCUT2D eigenvalue weighted by Crippen LogP contribution is -2.44. The van der Waals surface area contributed by atoms with Gasteiger partial charge in [-0.05, 0) is 54.4 Å². The molecular weight excluding hydrogens is 757 g/mol. The molecule has 0 aliphatic rings. The number of pyridine rings is 1. The van der Waals surface area contributed by atoms with Crippen LogP contribution in [0.3, 0.4) is 0 Å². The predicted molar refractivity (Wildman–Crippen MR) is 221 cm³/mol.